The number of hydrogen-bond acceptors (Lipinski definition) is 8. The fourth-order valence-electron chi connectivity index (χ4n) is 5.61. The molecule has 0 bridgehead atoms. The minimum atomic E-state index is -0.324. The van der Waals surface area contributed by atoms with Gasteiger partial charge in [0.1, 0.15) is 17.7 Å². The zero-order chi connectivity index (χ0) is 29.6. The number of thiazole rings is 1. The molecule has 5 atom stereocenters. The van der Waals surface area contributed by atoms with Gasteiger partial charge in [-0.3, -0.25) is 0 Å². The molecule has 1 saturated heterocycles. The molecule has 0 unspecified atom stereocenters. The molecule has 5 aromatic rings. The van der Waals surface area contributed by atoms with Gasteiger partial charge < -0.3 is 14.2 Å². The van der Waals surface area contributed by atoms with E-state index < -0.39 is 0 Å². The predicted molar refractivity (Wildman–Crippen MR) is 172 cm³/mol. The first-order valence-corrected chi connectivity index (χ1v) is 16.6. The second-order valence-corrected chi connectivity index (χ2v) is 13.1. The minimum absolute atomic E-state index is 0.0231. The molecule has 1 aliphatic rings. The second kappa shape index (κ2) is 14.2. The van der Waals surface area contributed by atoms with E-state index in [0.29, 0.717) is 24.7 Å². The summed E-state index contributed by atoms with van der Waals surface area (Å²) < 4.78 is 20.3. The van der Waals surface area contributed by atoms with Gasteiger partial charge in [-0.05, 0) is 34.7 Å². The van der Waals surface area contributed by atoms with E-state index in [-0.39, 0.29) is 30.3 Å². The average Bonchev–Trinajstić information content (AvgIpc) is 3.75. The van der Waals surface area contributed by atoms with Gasteiger partial charge in [-0.15, -0.1) is 21.5 Å². The van der Waals surface area contributed by atoms with Gasteiger partial charge >= 0.3 is 0 Å². The van der Waals surface area contributed by atoms with Crippen LogP contribution in [0.4, 0.5) is 0 Å². The molecule has 43 heavy (non-hydrogen) atoms. The van der Waals surface area contributed by atoms with Crippen LogP contribution in [-0.2, 0) is 33.8 Å². The first kappa shape index (κ1) is 30.1. The van der Waals surface area contributed by atoms with Gasteiger partial charge in [-0.2, -0.15) is 0 Å². The number of rotatable bonds is 11. The van der Waals surface area contributed by atoms with Crippen molar-refractivity contribution in [3.8, 4) is 9.88 Å². The number of benzene rings is 3. The van der Waals surface area contributed by atoms with Gasteiger partial charge in [0, 0.05) is 23.6 Å². The third-order valence-electron chi connectivity index (χ3n) is 7.89. The monoisotopic (exact) mass is 631 g/mol. The van der Waals surface area contributed by atoms with Crippen LogP contribution in [0.25, 0.3) is 9.88 Å². The Hall–Kier alpha value is -2.98. The lowest BCUT2D eigenvalue weighted by Crippen LogP contribution is -2.51. The van der Waals surface area contributed by atoms with Crippen LogP contribution >= 0.6 is 34.3 Å². The Morgan fingerprint density at radius 2 is 1.60 bits per heavy atom. The van der Waals surface area contributed by atoms with Crippen molar-refractivity contribution in [2.75, 3.05) is 0 Å². The number of ether oxygens (including phenoxy) is 3. The van der Waals surface area contributed by atoms with Crippen molar-refractivity contribution < 1.29 is 14.2 Å². The molecule has 0 N–H and O–H groups in total. The summed E-state index contributed by atoms with van der Waals surface area (Å²) in [4.78, 5) is 5.66. The molecule has 0 amide bonds. The quantitative estimate of drug-likeness (QED) is 0.145. The van der Waals surface area contributed by atoms with Crippen molar-refractivity contribution in [2.45, 2.75) is 64.3 Å². The van der Waals surface area contributed by atoms with E-state index in [4.69, 9.17) is 25.8 Å². The number of nitrogens with zero attached hydrogens (tertiary/aromatic N) is 3. The minimum Gasteiger partial charge on any atom is -0.370 e. The molecule has 2 aromatic heterocycles. The largest absolute Gasteiger partial charge is 0.370 e. The Balaban J connectivity index is 1.30. The highest BCUT2D eigenvalue weighted by molar-refractivity contribution is 7.20. The Bertz CT molecular complexity index is 1580. The summed E-state index contributed by atoms with van der Waals surface area (Å²) in [6.45, 7) is 5.36. The molecule has 6 nitrogen and oxygen atoms in total. The maximum Gasteiger partial charge on any atom is 0.159 e. The number of aromatic nitrogens is 3. The van der Waals surface area contributed by atoms with Crippen LogP contribution in [0.1, 0.15) is 53.6 Å². The van der Waals surface area contributed by atoms with Crippen LogP contribution in [-0.4, -0.2) is 33.5 Å². The van der Waals surface area contributed by atoms with Crippen LogP contribution in [0.15, 0.2) is 90.6 Å². The van der Waals surface area contributed by atoms with Crippen molar-refractivity contribution in [3.05, 3.63) is 123 Å². The Labute approximate surface area is 265 Å². The van der Waals surface area contributed by atoms with E-state index in [1.807, 2.05) is 48.7 Å². The molecule has 0 radical (unpaired) electrons. The van der Waals surface area contributed by atoms with Crippen molar-refractivity contribution in [1.29, 1.82) is 0 Å². The highest BCUT2D eigenvalue weighted by Crippen LogP contribution is 2.41. The molecule has 0 spiro atoms. The van der Waals surface area contributed by atoms with E-state index in [9.17, 15) is 0 Å². The molecular formula is C34H34ClN3O3S2. The van der Waals surface area contributed by atoms with E-state index in [0.717, 1.165) is 43.6 Å². The maximum atomic E-state index is 6.84. The molecule has 1 aliphatic heterocycles. The Morgan fingerprint density at radius 1 is 0.907 bits per heavy atom. The summed E-state index contributed by atoms with van der Waals surface area (Å²) in [6, 6.07) is 26.7. The first-order chi connectivity index (χ1) is 21.1. The van der Waals surface area contributed by atoms with Crippen molar-refractivity contribution >= 4 is 34.3 Å². The number of halogens is 1. The van der Waals surface area contributed by atoms with Crippen molar-refractivity contribution in [2.24, 2.45) is 5.92 Å². The topological polar surface area (TPSA) is 66.4 Å². The molecule has 0 saturated carbocycles. The third kappa shape index (κ3) is 7.23. The van der Waals surface area contributed by atoms with Gasteiger partial charge in [-0.1, -0.05) is 110 Å². The van der Waals surface area contributed by atoms with Gasteiger partial charge in [0.2, 0.25) is 0 Å². The smallest absolute Gasteiger partial charge is 0.159 e. The third-order valence-corrected chi connectivity index (χ3v) is 10.1. The lowest BCUT2D eigenvalue weighted by Gasteiger charge is -2.46. The molecule has 1 fully saturated rings. The normalized spacial score (nSPS) is 22.1. The summed E-state index contributed by atoms with van der Waals surface area (Å²) in [5, 5.41) is 10.7. The van der Waals surface area contributed by atoms with Crippen LogP contribution in [0.3, 0.4) is 0 Å². The first-order valence-electron chi connectivity index (χ1n) is 14.5. The molecule has 3 heterocycles. The standard InChI is InChI=1S/C34H34ClN3O3S2/c1-3-28-22(2)31(39-19-23-10-6-4-7-11-23)33(40-20-24-12-8-5-9-13-24)32(41-28)25-14-15-27(35)26(16-25)17-30-36-18-29(43-30)34-38-37-21-42-34/h4-16,18,21-22,28,31-33H,3,17,19-20H2,1-2H3/t22-,28-,31+,32+,33-/m1/s1. The van der Waals surface area contributed by atoms with Crippen LogP contribution in [0, 0.1) is 5.92 Å². The van der Waals surface area contributed by atoms with Gasteiger partial charge in [0.25, 0.3) is 0 Å². The lowest BCUT2D eigenvalue weighted by atomic mass is 9.84. The van der Waals surface area contributed by atoms with Crippen molar-refractivity contribution in [1.82, 2.24) is 15.2 Å². The Morgan fingerprint density at radius 3 is 2.26 bits per heavy atom. The fourth-order valence-corrected chi connectivity index (χ4v) is 7.34. The number of hydrogen-bond donors (Lipinski definition) is 0. The van der Waals surface area contributed by atoms with Crippen LogP contribution < -0.4 is 0 Å². The molecule has 9 heteroatoms. The lowest BCUT2D eigenvalue weighted by molar-refractivity contribution is -0.234. The van der Waals surface area contributed by atoms with E-state index in [2.05, 4.69) is 65.4 Å². The van der Waals surface area contributed by atoms with Gasteiger partial charge in [-0.25, -0.2) is 4.98 Å². The summed E-state index contributed by atoms with van der Waals surface area (Å²) in [6.07, 6.45) is 2.56. The molecular weight excluding hydrogens is 598 g/mol. The van der Waals surface area contributed by atoms with E-state index in [1.165, 1.54) is 11.3 Å². The van der Waals surface area contributed by atoms with E-state index in [1.54, 1.807) is 16.8 Å². The fraction of sp³-hybridized carbons (Fsp3) is 0.324. The SMILES string of the molecule is CC[C@H]1O[C@@H](c2ccc(Cl)c(Cc3ncc(-c4nncs4)s3)c2)[C@H](OCc2ccccc2)[C@@H](OCc2ccccc2)[C@@H]1C. The van der Waals surface area contributed by atoms with E-state index >= 15 is 0 Å². The van der Waals surface area contributed by atoms with Crippen molar-refractivity contribution in [3.63, 3.8) is 0 Å². The molecule has 0 aliphatic carbocycles. The zero-order valence-corrected chi connectivity index (χ0v) is 26.5. The second-order valence-electron chi connectivity index (χ2n) is 10.8. The highest BCUT2D eigenvalue weighted by Gasteiger charge is 2.45. The summed E-state index contributed by atoms with van der Waals surface area (Å²) in [5.74, 6) is 0.145. The zero-order valence-electron chi connectivity index (χ0n) is 24.1. The van der Waals surface area contributed by atoms with Gasteiger partial charge in [0.15, 0.2) is 5.01 Å². The maximum absolute atomic E-state index is 6.84. The summed E-state index contributed by atoms with van der Waals surface area (Å²) in [5.41, 5.74) is 6.00. The van der Waals surface area contributed by atoms with Crippen LogP contribution in [0.2, 0.25) is 5.02 Å². The van der Waals surface area contributed by atoms with Crippen LogP contribution in [0.5, 0.6) is 0 Å². The molecule has 6 rings (SSSR count). The summed E-state index contributed by atoms with van der Waals surface area (Å²) >= 11 is 9.88. The molecule has 3 aromatic carbocycles. The molecule has 222 valence electrons. The predicted octanol–water partition coefficient (Wildman–Crippen LogP) is 8.56. The average molecular weight is 632 g/mol. The van der Waals surface area contributed by atoms with Gasteiger partial charge in [0.05, 0.1) is 35.3 Å². The Kier molecular flexibility index (Phi) is 9.93. The summed E-state index contributed by atoms with van der Waals surface area (Å²) in [7, 11) is 0. The highest BCUT2D eigenvalue weighted by atomic mass is 35.5.